The fourth-order valence-electron chi connectivity index (χ4n) is 9.54. The van der Waals surface area contributed by atoms with Gasteiger partial charge in [-0.25, -0.2) is 9.13 Å². The van der Waals surface area contributed by atoms with Gasteiger partial charge in [0, 0.05) is 25.7 Å². The van der Waals surface area contributed by atoms with E-state index in [1.807, 2.05) is 0 Å². The second-order valence-corrected chi connectivity index (χ2v) is 26.7. The lowest BCUT2D eigenvalue weighted by atomic mass is 9.99. The Bertz CT molecular complexity index is 1760. The standard InChI is InChI=1S/C67H126O17P2/c1-6-10-13-16-18-20-22-24-26-28-30-32-37-42-47-52-66(71)84-63(57-78-65(70)51-46-41-36-31-29-27-25-23-21-19-17-14-11-7-2)59-82-86(75,76)80-55-61(68)54-79-85(73,74)81-58-62(56-77-64(69)50-45-39-15-12-8-3)83-67(72)53-48-43-38-34-33-35-40-44-49-60(5)9-4/h20,22,24,26,60-63,68H,6-19,21,23,25,27-59H2,1-5H3,(H,73,74)(H,75,76)/b22-20-,26-24-/t60?,61-,62+,63+/m0/s1. The van der Waals surface area contributed by atoms with E-state index in [0.717, 1.165) is 115 Å². The maximum atomic E-state index is 13.0. The summed E-state index contributed by atoms with van der Waals surface area (Å²) >= 11 is 0. The van der Waals surface area contributed by atoms with Crippen LogP contribution in [-0.4, -0.2) is 96.7 Å². The van der Waals surface area contributed by atoms with Gasteiger partial charge in [-0.05, 0) is 57.3 Å². The minimum absolute atomic E-state index is 0.0853. The monoisotopic (exact) mass is 1260 g/mol. The summed E-state index contributed by atoms with van der Waals surface area (Å²) in [6.45, 7) is 7.06. The predicted molar refractivity (Wildman–Crippen MR) is 344 cm³/mol. The van der Waals surface area contributed by atoms with Crippen LogP contribution in [0.15, 0.2) is 24.3 Å². The Morgan fingerprint density at radius 2 is 0.651 bits per heavy atom. The highest BCUT2D eigenvalue weighted by Crippen LogP contribution is 2.45. The quantitative estimate of drug-likeness (QED) is 0.0169. The molecule has 0 aliphatic carbocycles. The van der Waals surface area contributed by atoms with E-state index in [-0.39, 0.29) is 25.7 Å². The highest BCUT2D eigenvalue weighted by atomic mass is 31.2. The summed E-state index contributed by atoms with van der Waals surface area (Å²) in [6.07, 6.45) is 48.3. The summed E-state index contributed by atoms with van der Waals surface area (Å²) in [5.41, 5.74) is 0. The summed E-state index contributed by atoms with van der Waals surface area (Å²) in [5, 5.41) is 10.5. The first-order valence-corrected chi connectivity index (χ1v) is 37.5. The number of aliphatic hydroxyl groups is 1. The number of carbonyl (C=O) groups excluding carboxylic acids is 4. The third-order valence-electron chi connectivity index (χ3n) is 15.3. The minimum Gasteiger partial charge on any atom is -0.462 e. The van der Waals surface area contributed by atoms with Gasteiger partial charge in [0.15, 0.2) is 12.2 Å². The van der Waals surface area contributed by atoms with Crippen molar-refractivity contribution >= 4 is 39.5 Å². The van der Waals surface area contributed by atoms with Crippen LogP contribution >= 0.6 is 15.6 Å². The zero-order valence-electron chi connectivity index (χ0n) is 54.9. The average molecular weight is 1270 g/mol. The van der Waals surface area contributed by atoms with Crippen molar-refractivity contribution in [2.45, 2.75) is 335 Å². The van der Waals surface area contributed by atoms with Crippen LogP contribution in [-0.2, 0) is 65.4 Å². The van der Waals surface area contributed by atoms with Crippen LogP contribution in [0.25, 0.3) is 0 Å². The Morgan fingerprint density at radius 1 is 0.372 bits per heavy atom. The molecule has 0 aromatic rings. The molecule has 86 heavy (non-hydrogen) atoms. The minimum atomic E-state index is -4.95. The maximum Gasteiger partial charge on any atom is 0.472 e. The van der Waals surface area contributed by atoms with Crippen LogP contribution in [0.5, 0.6) is 0 Å². The van der Waals surface area contributed by atoms with Crippen LogP contribution in [0.1, 0.15) is 317 Å². The molecule has 0 aliphatic rings. The normalized spacial score (nSPS) is 14.7. The zero-order valence-corrected chi connectivity index (χ0v) is 56.7. The van der Waals surface area contributed by atoms with Gasteiger partial charge in [0.05, 0.1) is 26.4 Å². The lowest BCUT2D eigenvalue weighted by Gasteiger charge is -2.21. The molecule has 0 bridgehead atoms. The number of allylic oxidation sites excluding steroid dienone is 4. The van der Waals surface area contributed by atoms with Gasteiger partial charge in [0.25, 0.3) is 0 Å². The van der Waals surface area contributed by atoms with Crippen LogP contribution in [0.3, 0.4) is 0 Å². The lowest BCUT2D eigenvalue weighted by molar-refractivity contribution is -0.161. The van der Waals surface area contributed by atoms with Gasteiger partial charge in [-0.2, -0.15) is 0 Å². The Morgan fingerprint density at radius 3 is 0.988 bits per heavy atom. The van der Waals surface area contributed by atoms with Gasteiger partial charge < -0.3 is 33.8 Å². The van der Waals surface area contributed by atoms with Gasteiger partial charge in [0.1, 0.15) is 19.3 Å². The molecule has 0 fully saturated rings. The Labute approximate surface area is 522 Å². The molecule has 0 aromatic carbocycles. The predicted octanol–water partition coefficient (Wildman–Crippen LogP) is 18.5. The van der Waals surface area contributed by atoms with E-state index >= 15 is 0 Å². The molecule has 0 spiro atoms. The third-order valence-corrected chi connectivity index (χ3v) is 17.2. The number of hydrogen-bond acceptors (Lipinski definition) is 15. The van der Waals surface area contributed by atoms with Crippen molar-refractivity contribution in [2.24, 2.45) is 5.92 Å². The zero-order chi connectivity index (χ0) is 63.5. The smallest absolute Gasteiger partial charge is 0.462 e. The van der Waals surface area contributed by atoms with E-state index in [1.165, 1.54) is 122 Å². The SMILES string of the molecule is CCCCCC/C=C\C=C/CCCCCCCC(=O)O[C@H](COC(=O)CCCCCCCCCCCCCCCC)COP(=O)(O)OC[C@@H](O)COP(=O)(O)OC[C@@H](COC(=O)CCCCCCC)OC(=O)CCCCCCCCCCC(C)CC. The van der Waals surface area contributed by atoms with Crippen molar-refractivity contribution < 1.29 is 80.2 Å². The lowest BCUT2D eigenvalue weighted by Crippen LogP contribution is -2.30. The molecule has 19 heteroatoms. The van der Waals surface area contributed by atoms with Crippen molar-refractivity contribution in [1.82, 2.24) is 0 Å². The van der Waals surface area contributed by atoms with Crippen molar-refractivity contribution in [2.75, 3.05) is 39.6 Å². The Hall–Kier alpha value is -2.46. The number of rotatable bonds is 65. The topological polar surface area (TPSA) is 237 Å². The highest BCUT2D eigenvalue weighted by molar-refractivity contribution is 7.47. The molecule has 3 N–H and O–H groups in total. The van der Waals surface area contributed by atoms with Gasteiger partial charge in [-0.1, -0.05) is 264 Å². The largest absolute Gasteiger partial charge is 0.472 e. The molecule has 6 atom stereocenters. The molecule has 0 saturated carbocycles. The van der Waals surface area contributed by atoms with Crippen molar-refractivity contribution in [3.8, 4) is 0 Å². The van der Waals surface area contributed by atoms with E-state index in [0.29, 0.717) is 25.7 Å². The molecular formula is C67H126O17P2. The number of aliphatic hydroxyl groups excluding tert-OH is 1. The summed E-state index contributed by atoms with van der Waals surface area (Å²) in [4.78, 5) is 72.1. The molecule has 0 heterocycles. The van der Waals surface area contributed by atoms with E-state index in [4.69, 9.17) is 37.0 Å². The van der Waals surface area contributed by atoms with Crippen molar-refractivity contribution in [1.29, 1.82) is 0 Å². The van der Waals surface area contributed by atoms with Crippen LogP contribution in [0, 0.1) is 5.92 Å². The average Bonchev–Trinajstić information content (AvgIpc) is 3.52. The number of ether oxygens (including phenoxy) is 4. The van der Waals surface area contributed by atoms with Gasteiger partial charge in [0.2, 0.25) is 0 Å². The molecule has 0 aromatic heterocycles. The van der Waals surface area contributed by atoms with Gasteiger partial charge in [-0.3, -0.25) is 37.3 Å². The molecule has 506 valence electrons. The van der Waals surface area contributed by atoms with Gasteiger partial charge >= 0.3 is 39.5 Å². The molecule has 0 aliphatic heterocycles. The van der Waals surface area contributed by atoms with Gasteiger partial charge in [-0.15, -0.1) is 0 Å². The third kappa shape index (κ3) is 59.2. The highest BCUT2D eigenvalue weighted by Gasteiger charge is 2.30. The van der Waals surface area contributed by atoms with E-state index < -0.39 is 97.5 Å². The molecule has 0 amide bonds. The fraction of sp³-hybridized carbons (Fsp3) is 0.881. The fourth-order valence-corrected chi connectivity index (χ4v) is 11.1. The summed E-state index contributed by atoms with van der Waals surface area (Å²) in [6, 6.07) is 0. The number of esters is 4. The van der Waals surface area contributed by atoms with E-state index in [1.54, 1.807) is 0 Å². The summed E-state index contributed by atoms with van der Waals surface area (Å²) < 4.78 is 67.9. The molecule has 3 unspecified atom stereocenters. The van der Waals surface area contributed by atoms with Crippen LogP contribution in [0.4, 0.5) is 0 Å². The maximum absolute atomic E-state index is 13.0. The van der Waals surface area contributed by atoms with E-state index in [2.05, 4.69) is 58.9 Å². The molecule has 0 saturated heterocycles. The van der Waals surface area contributed by atoms with Crippen molar-refractivity contribution in [3.63, 3.8) is 0 Å². The summed E-state index contributed by atoms with van der Waals surface area (Å²) in [7, 11) is -9.90. The molecule has 0 rings (SSSR count). The van der Waals surface area contributed by atoms with E-state index in [9.17, 15) is 43.2 Å². The first-order valence-electron chi connectivity index (χ1n) is 34.5. The summed E-state index contributed by atoms with van der Waals surface area (Å²) in [5.74, 6) is -1.40. The molecule has 0 radical (unpaired) electrons. The Kier molecular flexibility index (Phi) is 58.4. The number of unbranched alkanes of at least 4 members (excludes halogenated alkanes) is 33. The molecule has 17 nitrogen and oxygen atoms in total. The first kappa shape index (κ1) is 83.5. The second kappa shape index (κ2) is 60.1. The Balaban J connectivity index is 5.22. The number of phosphoric ester groups is 2. The van der Waals surface area contributed by atoms with Crippen LogP contribution < -0.4 is 0 Å². The van der Waals surface area contributed by atoms with Crippen LogP contribution in [0.2, 0.25) is 0 Å². The number of phosphoric acid groups is 2. The first-order chi connectivity index (χ1) is 41.6. The number of carbonyl (C=O) groups is 4. The molecular weight excluding hydrogens is 1140 g/mol. The van der Waals surface area contributed by atoms with Crippen molar-refractivity contribution in [3.05, 3.63) is 24.3 Å². The number of hydrogen-bond donors (Lipinski definition) is 3. The second-order valence-electron chi connectivity index (χ2n) is 23.8.